The molecule has 1 aromatic carbocycles. The van der Waals surface area contributed by atoms with Crippen molar-refractivity contribution in [2.24, 2.45) is 5.41 Å². The highest BCUT2D eigenvalue weighted by Gasteiger charge is 2.72. The number of carbonyl (C=O) groups excluding carboxylic acids is 2. The van der Waals surface area contributed by atoms with E-state index in [9.17, 15) is 22.8 Å². The van der Waals surface area contributed by atoms with Crippen LogP contribution < -0.4 is 15.4 Å². The third-order valence-electron chi connectivity index (χ3n) is 6.18. The van der Waals surface area contributed by atoms with Gasteiger partial charge in [-0.3, -0.25) is 9.59 Å². The average molecular weight is 482 g/mol. The van der Waals surface area contributed by atoms with Crippen molar-refractivity contribution in [2.75, 3.05) is 13.2 Å². The number of rotatable bonds is 8. The summed E-state index contributed by atoms with van der Waals surface area (Å²) in [7, 11) is 0. The maximum atomic E-state index is 12.8. The predicted octanol–water partition coefficient (Wildman–Crippen LogP) is 3.84. The van der Waals surface area contributed by atoms with Gasteiger partial charge >= 0.3 is 6.18 Å². The first-order valence-corrected chi connectivity index (χ1v) is 10.9. The third kappa shape index (κ3) is 4.93. The smallest absolute Gasteiger partial charge is 0.433 e. The van der Waals surface area contributed by atoms with Gasteiger partial charge in [-0.1, -0.05) is 17.7 Å². The van der Waals surface area contributed by atoms with Crippen LogP contribution in [0.2, 0.25) is 5.02 Å². The normalized spacial score (nSPS) is 23.2. The third-order valence-corrected chi connectivity index (χ3v) is 6.60. The van der Waals surface area contributed by atoms with Crippen molar-refractivity contribution in [1.29, 1.82) is 0 Å². The van der Waals surface area contributed by atoms with Gasteiger partial charge in [-0.05, 0) is 62.1 Å². The minimum Gasteiger partial charge on any atom is -0.484 e. The summed E-state index contributed by atoms with van der Waals surface area (Å²) < 4.78 is 43.8. The first-order chi connectivity index (χ1) is 15.5. The Morgan fingerprint density at radius 2 is 1.91 bits per heavy atom. The van der Waals surface area contributed by atoms with Gasteiger partial charge in [-0.2, -0.15) is 13.2 Å². The summed E-state index contributed by atoms with van der Waals surface area (Å²) in [5, 5.41) is 6.36. The van der Waals surface area contributed by atoms with Crippen LogP contribution >= 0.6 is 11.6 Å². The lowest BCUT2D eigenvalue weighted by atomic mass is 9.39. The number of hydrogen-bond donors (Lipinski definition) is 2. The van der Waals surface area contributed by atoms with E-state index in [1.807, 2.05) is 6.92 Å². The van der Waals surface area contributed by atoms with Crippen LogP contribution in [0.15, 0.2) is 36.4 Å². The molecule has 0 spiro atoms. The maximum absolute atomic E-state index is 12.8. The van der Waals surface area contributed by atoms with Gasteiger partial charge in [0.2, 0.25) is 5.91 Å². The molecule has 0 atom stereocenters. The van der Waals surface area contributed by atoms with Crippen LogP contribution in [0.3, 0.4) is 0 Å². The number of amides is 2. The predicted molar refractivity (Wildman–Crippen MR) is 115 cm³/mol. The fourth-order valence-electron chi connectivity index (χ4n) is 4.62. The minimum atomic E-state index is -4.50. The van der Waals surface area contributed by atoms with Gasteiger partial charge in [0.05, 0.1) is 5.41 Å². The van der Waals surface area contributed by atoms with Gasteiger partial charge in [-0.25, -0.2) is 4.98 Å². The molecular weight excluding hydrogens is 459 g/mol. The van der Waals surface area contributed by atoms with Gasteiger partial charge in [-0.15, -0.1) is 0 Å². The van der Waals surface area contributed by atoms with Crippen molar-refractivity contribution in [3.05, 3.63) is 58.4 Å². The molecule has 10 heteroatoms. The second-order valence-electron chi connectivity index (χ2n) is 8.86. The summed E-state index contributed by atoms with van der Waals surface area (Å²) in [4.78, 5) is 28.4. The van der Waals surface area contributed by atoms with Crippen molar-refractivity contribution >= 4 is 23.4 Å². The van der Waals surface area contributed by atoms with Crippen LogP contribution in [0.25, 0.3) is 0 Å². The van der Waals surface area contributed by atoms with E-state index in [4.69, 9.17) is 16.3 Å². The Labute approximate surface area is 193 Å². The molecule has 0 unspecified atom stereocenters. The average Bonchev–Trinajstić information content (AvgIpc) is 2.70. The lowest BCUT2D eigenvalue weighted by Crippen LogP contribution is -2.78. The summed E-state index contributed by atoms with van der Waals surface area (Å²) in [5.74, 6) is 0.154. The Kier molecular flexibility index (Phi) is 6.03. The Bertz CT molecular complexity index is 1070. The number of aromatic nitrogens is 1. The number of ether oxygens (including phenoxy) is 1. The zero-order valence-corrected chi connectivity index (χ0v) is 18.6. The molecule has 3 aliphatic rings. The number of aryl methyl sites for hydroxylation is 1. The first-order valence-electron chi connectivity index (χ1n) is 10.5. The fraction of sp³-hybridized carbons (Fsp3) is 0.435. The van der Waals surface area contributed by atoms with Gasteiger partial charge in [0.1, 0.15) is 11.4 Å². The number of benzene rings is 1. The molecule has 2 N–H and O–H groups in total. The Hall–Kier alpha value is -2.81. The monoisotopic (exact) mass is 481 g/mol. The molecule has 0 radical (unpaired) electrons. The van der Waals surface area contributed by atoms with E-state index >= 15 is 0 Å². The SMILES string of the molecule is Cc1cc(OCC(=O)NC23CC(C(=O)NCCc4cccc(C(F)(F)F)n4)(C2)C3)ccc1Cl. The van der Waals surface area contributed by atoms with Crippen LogP contribution in [0.5, 0.6) is 5.75 Å². The molecule has 1 heterocycles. The second-order valence-corrected chi connectivity index (χ2v) is 9.26. The van der Waals surface area contributed by atoms with Crippen molar-refractivity contribution < 1.29 is 27.5 Å². The molecule has 176 valence electrons. The molecule has 2 bridgehead atoms. The van der Waals surface area contributed by atoms with Crippen molar-refractivity contribution in [3.8, 4) is 5.75 Å². The van der Waals surface area contributed by atoms with E-state index in [-0.39, 0.29) is 42.6 Å². The molecule has 1 aromatic heterocycles. The molecule has 5 rings (SSSR count). The van der Waals surface area contributed by atoms with Crippen LogP contribution in [-0.4, -0.2) is 35.5 Å². The van der Waals surface area contributed by atoms with E-state index in [2.05, 4.69) is 15.6 Å². The highest BCUT2D eigenvalue weighted by Crippen LogP contribution is 2.67. The van der Waals surface area contributed by atoms with E-state index in [0.717, 1.165) is 11.6 Å². The lowest BCUT2D eigenvalue weighted by molar-refractivity contribution is -0.183. The number of nitrogens with zero attached hydrogens (tertiary/aromatic N) is 1. The van der Waals surface area contributed by atoms with Crippen molar-refractivity contribution in [3.63, 3.8) is 0 Å². The van der Waals surface area contributed by atoms with Gasteiger partial charge in [0.15, 0.2) is 6.61 Å². The van der Waals surface area contributed by atoms with E-state index in [1.54, 1.807) is 18.2 Å². The van der Waals surface area contributed by atoms with Crippen molar-refractivity contribution in [2.45, 2.75) is 44.3 Å². The molecule has 6 nitrogen and oxygen atoms in total. The Morgan fingerprint density at radius 1 is 1.18 bits per heavy atom. The summed E-state index contributed by atoms with van der Waals surface area (Å²) in [5.41, 5.74) is -0.717. The lowest BCUT2D eigenvalue weighted by Gasteiger charge is -2.69. The van der Waals surface area contributed by atoms with Crippen molar-refractivity contribution in [1.82, 2.24) is 15.6 Å². The highest BCUT2D eigenvalue weighted by molar-refractivity contribution is 6.31. The standard InChI is InChI=1S/C23H23ClF3N3O3/c1-14-9-16(5-6-17(14)24)33-10-19(31)30-22-11-21(12-22,13-22)20(32)28-8-7-15-3-2-4-18(29-15)23(25,26)27/h2-6,9H,7-8,10-13H2,1H3,(H,28,32)(H,30,31). The Balaban J connectivity index is 1.18. The highest BCUT2D eigenvalue weighted by atomic mass is 35.5. The summed E-state index contributed by atoms with van der Waals surface area (Å²) in [6.07, 6.45) is -2.67. The number of hydrogen-bond acceptors (Lipinski definition) is 4. The summed E-state index contributed by atoms with van der Waals surface area (Å²) in [6.45, 7) is 1.91. The number of alkyl halides is 3. The number of pyridine rings is 1. The molecule has 2 amide bonds. The number of halogens is 4. The van der Waals surface area contributed by atoms with Gasteiger partial charge in [0.25, 0.3) is 5.91 Å². The molecule has 3 aliphatic carbocycles. The zero-order valence-electron chi connectivity index (χ0n) is 17.9. The molecule has 3 saturated carbocycles. The maximum Gasteiger partial charge on any atom is 0.433 e. The minimum absolute atomic E-state index is 0.133. The topological polar surface area (TPSA) is 80.3 Å². The molecular formula is C23H23ClF3N3O3. The van der Waals surface area contributed by atoms with Crippen LogP contribution in [-0.2, 0) is 22.2 Å². The molecule has 0 saturated heterocycles. The van der Waals surface area contributed by atoms with Crippen LogP contribution in [0.4, 0.5) is 13.2 Å². The largest absolute Gasteiger partial charge is 0.484 e. The second kappa shape index (κ2) is 8.52. The molecule has 0 aliphatic heterocycles. The van der Waals surface area contributed by atoms with Crippen LogP contribution in [0, 0.1) is 12.3 Å². The fourth-order valence-corrected chi connectivity index (χ4v) is 4.73. The summed E-state index contributed by atoms with van der Waals surface area (Å²) >= 11 is 5.97. The summed E-state index contributed by atoms with van der Waals surface area (Å²) in [6, 6.07) is 8.87. The molecule has 2 aromatic rings. The van der Waals surface area contributed by atoms with Crippen LogP contribution in [0.1, 0.15) is 36.2 Å². The van der Waals surface area contributed by atoms with Gasteiger partial charge in [0, 0.05) is 29.2 Å². The first kappa shape index (κ1) is 23.4. The van der Waals surface area contributed by atoms with E-state index in [1.165, 1.54) is 12.1 Å². The van der Waals surface area contributed by atoms with E-state index < -0.39 is 17.3 Å². The number of nitrogens with one attached hydrogen (secondary N) is 2. The number of carbonyl (C=O) groups is 2. The quantitative estimate of drug-likeness (QED) is 0.600. The zero-order chi connectivity index (χ0) is 23.9. The molecule has 33 heavy (non-hydrogen) atoms. The van der Waals surface area contributed by atoms with E-state index in [0.29, 0.717) is 30.0 Å². The Morgan fingerprint density at radius 3 is 2.58 bits per heavy atom. The van der Waals surface area contributed by atoms with Gasteiger partial charge < -0.3 is 15.4 Å². The molecule has 3 fully saturated rings.